The van der Waals surface area contributed by atoms with Gasteiger partial charge in [-0.1, -0.05) is 25.1 Å². The lowest BCUT2D eigenvalue weighted by molar-refractivity contribution is -0.135. The summed E-state index contributed by atoms with van der Waals surface area (Å²) in [5.74, 6) is 1.06. The molecule has 164 valence electrons. The number of amides is 1. The van der Waals surface area contributed by atoms with E-state index in [0.717, 1.165) is 62.2 Å². The number of hydrogen-bond donors (Lipinski definition) is 2. The van der Waals surface area contributed by atoms with Gasteiger partial charge in [-0.15, -0.1) is 0 Å². The molecule has 6 heteroatoms. The number of carbonyl (C=O) groups is 1. The Morgan fingerprint density at radius 1 is 1.26 bits per heavy atom. The van der Waals surface area contributed by atoms with Crippen molar-refractivity contribution in [1.29, 1.82) is 5.41 Å². The Bertz CT molecular complexity index is 975. The minimum atomic E-state index is 0.276. The molecule has 5 rings (SSSR count). The van der Waals surface area contributed by atoms with Crippen LogP contribution in [-0.2, 0) is 4.79 Å². The highest BCUT2D eigenvalue weighted by molar-refractivity contribution is 5.98. The number of benzene rings is 1. The average molecular weight is 420 g/mol. The van der Waals surface area contributed by atoms with Crippen molar-refractivity contribution in [2.24, 2.45) is 11.3 Å². The molecule has 0 radical (unpaired) electrons. The molecule has 3 fully saturated rings. The van der Waals surface area contributed by atoms with Gasteiger partial charge >= 0.3 is 0 Å². The second-order valence-electron chi connectivity index (χ2n) is 10.0. The molecule has 1 amide bonds. The second kappa shape index (κ2) is 8.32. The SMILES string of the molecule is C[C@@H]1C[C@H](c2ccc(C=N)c3ncccc23)CN(C(=O)CN2CCC3(CC2)CNC3)C1. The van der Waals surface area contributed by atoms with Crippen molar-refractivity contribution in [3.05, 3.63) is 41.6 Å². The number of carbonyl (C=O) groups excluding carboxylic acids is 1. The van der Waals surface area contributed by atoms with Gasteiger partial charge in [0.2, 0.25) is 5.91 Å². The van der Waals surface area contributed by atoms with Crippen LogP contribution < -0.4 is 5.32 Å². The number of fused-ring (bicyclic) bond motifs is 1. The molecule has 3 aliphatic rings. The second-order valence-corrected chi connectivity index (χ2v) is 10.0. The van der Waals surface area contributed by atoms with Gasteiger partial charge < -0.3 is 15.6 Å². The minimum Gasteiger partial charge on any atom is -0.341 e. The van der Waals surface area contributed by atoms with Gasteiger partial charge in [0.1, 0.15) is 0 Å². The van der Waals surface area contributed by atoms with E-state index in [1.54, 1.807) is 6.20 Å². The Morgan fingerprint density at radius 3 is 2.77 bits per heavy atom. The van der Waals surface area contributed by atoms with Crippen molar-refractivity contribution in [1.82, 2.24) is 20.1 Å². The summed E-state index contributed by atoms with van der Waals surface area (Å²) in [4.78, 5) is 22.2. The molecule has 2 atom stereocenters. The van der Waals surface area contributed by atoms with Crippen LogP contribution in [0.4, 0.5) is 0 Å². The minimum absolute atomic E-state index is 0.276. The zero-order chi connectivity index (χ0) is 21.4. The van der Waals surface area contributed by atoms with Gasteiger partial charge in [0.15, 0.2) is 0 Å². The number of rotatable bonds is 4. The van der Waals surface area contributed by atoms with E-state index in [1.165, 1.54) is 24.6 Å². The largest absolute Gasteiger partial charge is 0.341 e. The van der Waals surface area contributed by atoms with Gasteiger partial charge in [-0.2, -0.15) is 0 Å². The lowest BCUT2D eigenvalue weighted by Gasteiger charge is -2.48. The topological polar surface area (TPSA) is 72.3 Å². The van der Waals surface area contributed by atoms with E-state index in [2.05, 4.69) is 39.2 Å². The first-order valence-corrected chi connectivity index (χ1v) is 11.7. The highest BCUT2D eigenvalue weighted by Crippen LogP contribution is 2.36. The third-order valence-electron chi connectivity index (χ3n) is 7.72. The first kappa shape index (κ1) is 20.6. The molecule has 4 heterocycles. The fourth-order valence-electron chi connectivity index (χ4n) is 5.78. The molecule has 1 aromatic carbocycles. The molecule has 1 aromatic heterocycles. The Hall–Kier alpha value is -2.31. The van der Waals surface area contributed by atoms with E-state index in [-0.39, 0.29) is 5.91 Å². The van der Waals surface area contributed by atoms with Crippen LogP contribution in [0.15, 0.2) is 30.5 Å². The summed E-state index contributed by atoms with van der Waals surface area (Å²) in [6.07, 6.45) is 6.67. The third-order valence-corrected chi connectivity index (χ3v) is 7.72. The predicted octanol–water partition coefficient (Wildman–Crippen LogP) is 2.87. The van der Waals surface area contributed by atoms with Gasteiger partial charge in [-0.25, -0.2) is 0 Å². The predicted molar refractivity (Wildman–Crippen MR) is 124 cm³/mol. The number of nitrogens with one attached hydrogen (secondary N) is 2. The zero-order valence-electron chi connectivity index (χ0n) is 18.4. The van der Waals surface area contributed by atoms with E-state index < -0.39 is 0 Å². The van der Waals surface area contributed by atoms with Gasteiger partial charge in [0.25, 0.3) is 0 Å². The zero-order valence-corrected chi connectivity index (χ0v) is 18.4. The molecule has 0 bridgehead atoms. The van der Waals surface area contributed by atoms with Crippen LogP contribution in [0.2, 0.25) is 0 Å². The molecule has 3 aliphatic heterocycles. The van der Waals surface area contributed by atoms with Crippen molar-refractivity contribution in [2.45, 2.75) is 32.1 Å². The summed E-state index contributed by atoms with van der Waals surface area (Å²) < 4.78 is 0. The third kappa shape index (κ3) is 3.99. The molecule has 2 aromatic rings. The molecular weight excluding hydrogens is 386 g/mol. The van der Waals surface area contributed by atoms with Crippen molar-refractivity contribution >= 4 is 23.0 Å². The highest BCUT2D eigenvalue weighted by atomic mass is 16.2. The Morgan fingerprint density at radius 2 is 2.06 bits per heavy atom. The smallest absolute Gasteiger partial charge is 0.236 e. The van der Waals surface area contributed by atoms with Gasteiger partial charge in [-0.3, -0.25) is 14.7 Å². The van der Waals surface area contributed by atoms with Gasteiger partial charge in [0, 0.05) is 55.5 Å². The van der Waals surface area contributed by atoms with E-state index in [9.17, 15) is 4.79 Å². The summed E-state index contributed by atoms with van der Waals surface area (Å²) in [6.45, 7) is 8.83. The maximum absolute atomic E-state index is 13.2. The van der Waals surface area contributed by atoms with Crippen LogP contribution in [0, 0.1) is 16.7 Å². The number of piperidine rings is 2. The van der Waals surface area contributed by atoms with Gasteiger partial charge in [-0.05, 0) is 55.3 Å². The van der Waals surface area contributed by atoms with Crippen LogP contribution >= 0.6 is 0 Å². The Balaban J connectivity index is 1.30. The lowest BCUT2D eigenvalue weighted by atomic mass is 9.73. The molecule has 3 saturated heterocycles. The summed E-state index contributed by atoms with van der Waals surface area (Å²) in [5.41, 5.74) is 3.51. The number of pyridine rings is 1. The maximum atomic E-state index is 13.2. The fraction of sp³-hybridized carbons (Fsp3) is 0.560. The van der Waals surface area contributed by atoms with E-state index in [0.29, 0.717) is 23.8 Å². The first-order valence-electron chi connectivity index (χ1n) is 11.7. The first-order chi connectivity index (χ1) is 15.1. The molecule has 6 nitrogen and oxygen atoms in total. The molecule has 0 unspecified atom stereocenters. The lowest BCUT2D eigenvalue weighted by Crippen LogP contribution is -2.59. The Labute approximate surface area is 184 Å². The number of likely N-dealkylation sites (tertiary alicyclic amines) is 2. The summed E-state index contributed by atoms with van der Waals surface area (Å²) >= 11 is 0. The van der Waals surface area contributed by atoms with Crippen LogP contribution in [0.5, 0.6) is 0 Å². The quantitative estimate of drug-likeness (QED) is 0.748. The standard InChI is InChI=1S/C25H33N5O/c1-18-11-20(21-5-4-19(12-26)24-22(21)3-2-8-28-24)14-30(13-18)23(31)15-29-9-6-25(7-10-29)16-27-17-25/h2-5,8,12,18,20,26-27H,6-7,9-11,13-17H2,1H3/t18-,20+/m1/s1. The number of aromatic nitrogens is 1. The summed E-state index contributed by atoms with van der Waals surface area (Å²) in [5, 5.41) is 12.2. The van der Waals surface area contributed by atoms with Crippen LogP contribution in [-0.4, -0.2) is 72.7 Å². The normalized spacial score (nSPS) is 26.0. The number of nitrogens with zero attached hydrogens (tertiary/aromatic N) is 3. The summed E-state index contributed by atoms with van der Waals surface area (Å²) in [7, 11) is 0. The maximum Gasteiger partial charge on any atom is 0.236 e. The summed E-state index contributed by atoms with van der Waals surface area (Å²) in [6, 6.07) is 8.22. The van der Waals surface area contributed by atoms with Crippen molar-refractivity contribution < 1.29 is 4.79 Å². The monoisotopic (exact) mass is 419 g/mol. The molecule has 0 aliphatic carbocycles. The molecular formula is C25H33N5O. The van der Waals surface area contributed by atoms with Gasteiger partial charge in [0.05, 0.1) is 12.1 Å². The van der Waals surface area contributed by atoms with Crippen LogP contribution in [0.3, 0.4) is 0 Å². The Kier molecular flexibility index (Phi) is 5.52. The molecule has 31 heavy (non-hydrogen) atoms. The van der Waals surface area contributed by atoms with Crippen LogP contribution in [0.25, 0.3) is 10.9 Å². The van der Waals surface area contributed by atoms with Crippen molar-refractivity contribution in [2.75, 3.05) is 45.8 Å². The van der Waals surface area contributed by atoms with E-state index in [4.69, 9.17) is 5.41 Å². The van der Waals surface area contributed by atoms with E-state index >= 15 is 0 Å². The highest BCUT2D eigenvalue weighted by Gasteiger charge is 2.40. The van der Waals surface area contributed by atoms with Crippen molar-refractivity contribution in [3.63, 3.8) is 0 Å². The molecule has 1 spiro atoms. The average Bonchev–Trinajstić information content (AvgIpc) is 2.77. The number of hydrogen-bond acceptors (Lipinski definition) is 5. The van der Waals surface area contributed by atoms with Crippen LogP contribution in [0.1, 0.15) is 43.2 Å². The molecule has 0 saturated carbocycles. The van der Waals surface area contributed by atoms with E-state index in [1.807, 2.05) is 12.1 Å². The fourth-order valence-corrected chi connectivity index (χ4v) is 5.78. The van der Waals surface area contributed by atoms with Crippen molar-refractivity contribution in [3.8, 4) is 0 Å². The molecule has 2 N–H and O–H groups in total.